The lowest BCUT2D eigenvalue weighted by Gasteiger charge is -2.27. The number of rotatable bonds is 15. The number of anilines is 1. The number of alkyl carbamates (subject to hydrolysis) is 1. The van der Waals surface area contributed by atoms with Crippen LogP contribution in [0.4, 0.5) is 10.7 Å². The molecule has 264 valence electrons. The second kappa shape index (κ2) is 15.8. The second-order valence-corrected chi connectivity index (χ2v) is 15.5. The first-order valence-corrected chi connectivity index (χ1v) is 17.7. The highest BCUT2D eigenvalue weighted by Crippen LogP contribution is 2.57. The predicted octanol–water partition coefficient (Wildman–Crippen LogP) is 0.890. The Morgan fingerprint density at radius 1 is 1.15 bits per heavy atom. The number of nitrogens with zero attached hydrogens (tertiary/aromatic N) is 4. The number of aliphatic hydroxyl groups excluding tert-OH is 1. The average molecular weight is 708 g/mol. The lowest BCUT2D eigenvalue weighted by Crippen LogP contribution is -2.45. The van der Waals surface area contributed by atoms with Gasteiger partial charge in [-0.25, -0.2) is 19.7 Å². The van der Waals surface area contributed by atoms with Gasteiger partial charge < -0.3 is 49.5 Å². The van der Waals surface area contributed by atoms with Gasteiger partial charge in [-0.05, 0) is 41.5 Å². The molecule has 6 N–H and O–H groups in total. The van der Waals surface area contributed by atoms with Gasteiger partial charge in [0.05, 0.1) is 39.4 Å². The molecule has 21 heteroatoms. The summed E-state index contributed by atoms with van der Waals surface area (Å²) in [4.78, 5) is 49.6. The third-order valence-corrected chi connectivity index (χ3v) is 10.7. The number of imidazole rings is 1. The number of methoxy groups -OCH3 is 2. The van der Waals surface area contributed by atoms with Gasteiger partial charge in [0, 0.05) is 5.75 Å². The van der Waals surface area contributed by atoms with Gasteiger partial charge in [-0.15, -0.1) is 0 Å². The number of carbonyl (C=O) groups excluding carboxylic acids is 3. The van der Waals surface area contributed by atoms with Gasteiger partial charge in [-0.3, -0.25) is 13.9 Å². The Morgan fingerprint density at radius 3 is 2.38 bits per heavy atom. The summed E-state index contributed by atoms with van der Waals surface area (Å²) in [6.45, 7) is 4.44. The fourth-order valence-electron chi connectivity index (χ4n) is 4.36. The topological polar surface area (TPSA) is 258 Å². The second-order valence-electron chi connectivity index (χ2n) is 11.2. The van der Waals surface area contributed by atoms with E-state index in [1.54, 1.807) is 27.7 Å². The van der Waals surface area contributed by atoms with Crippen molar-refractivity contribution in [3.8, 4) is 5.88 Å². The minimum atomic E-state index is -4.19. The van der Waals surface area contributed by atoms with Crippen LogP contribution in [0.1, 0.15) is 47.8 Å². The number of amides is 1. The van der Waals surface area contributed by atoms with Crippen LogP contribution in [-0.4, -0.2) is 116 Å². The Hall–Kier alpha value is -3.26. The van der Waals surface area contributed by atoms with Gasteiger partial charge in [-0.2, -0.15) is 9.97 Å². The van der Waals surface area contributed by atoms with Crippen LogP contribution < -0.4 is 20.9 Å². The predicted molar refractivity (Wildman–Crippen MR) is 167 cm³/mol. The van der Waals surface area contributed by atoms with Crippen molar-refractivity contribution in [3.05, 3.63) is 6.33 Å². The van der Waals surface area contributed by atoms with Crippen LogP contribution >= 0.6 is 18.1 Å². The number of esters is 2. The molecular formula is C26H42N7O12PS. The number of fused-ring (bicyclic) bond motifs is 1. The van der Waals surface area contributed by atoms with E-state index in [1.807, 2.05) is 0 Å². The summed E-state index contributed by atoms with van der Waals surface area (Å²) in [5.74, 6) is -1.98. The van der Waals surface area contributed by atoms with E-state index >= 15 is 0 Å². The molecular weight excluding hydrogens is 665 g/mol. The van der Waals surface area contributed by atoms with Crippen molar-refractivity contribution >= 4 is 53.2 Å². The number of carbonyl (C=O) groups is 3. The summed E-state index contributed by atoms with van der Waals surface area (Å²) < 4.78 is 47.5. The Kier molecular flexibility index (Phi) is 12.8. The van der Waals surface area contributed by atoms with Crippen molar-refractivity contribution in [2.45, 2.75) is 89.9 Å². The minimum absolute atomic E-state index is 0.0794. The molecule has 0 spiro atoms. The quantitative estimate of drug-likeness (QED) is 0.0978. The Bertz CT molecular complexity index is 1480. The standard InChI is InChI=1S/C26H42N7O12PS/c1-12(2)43-21(35)14(5)32-46(39,47-10-15(29-25(37)41-8)22(36)44-13(3)4)42-9-16-18(34)26(6,38)23(45-16)33-11-28-17-19(33)30-24(27)31-20(17)40-7/h11-16,18,23,34,38H,9-10H2,1-8H3,(H,29,37)(H,32,39)(H2,27,30,31)/t14-,15?,16?,18+,23?,26+,46-/m0/s1. The maximum atomic E-state index is 14.2. The summed E-state index contributed by atoms with van der Waals surface area (Å²) in [6, 6.07) is -2.49. The summed E-state index contributed by atoms with van der Waals surface area (Å²) in [6.07, 6.45) is -4.80. The minimum Gasteiger partial charge on any atom is -0.479 e. The summed E-state index contributed by atoms with van der Waals surface area (Å²) in [5.41, 5.74) is 4.22. The Morgan fingerprint density at radius 2 is 1.79 bits per heavy atom. The molecule has 1 amide bonds. The van der Waals surface area contributed by atoms with Crippen molar-refractivity contribution < 1.29 is 57.4 Å². The van der Waals surface area contributed by atoms with E-state index in [2.05, 4.69) is 30.1 Å². The van der Waals surface area contributed by atoms with Crippen molar-refractivity contribution in [2.24, 2.45) is 0 Å². The normalized spacial score (nSPS) is 23.7. The maximum Gasteiger partial charge on any atom is 0.407 e. The first-order chi connectivity index (χ1) is 21.9. The van der Waals surface area contributed by atoms with Crippen LogP contribution in [0, 0.1) is 0 Å². The van der Waals surface area contributed by atoms with Crippen LogP contribution in [0.25, 0.3) is 11.2 Å². The van der Waals surface area contributed by atoms with Gasteiger partial charge in [0.1, 0.15) is 29.9 Å². The maximum absolute atomic E-state index is 14.2. The molecule has 1 aliphatic rings. The number of hydrogen-bond acceptors (Lipinski definition) is 17. The van der Waals surface area contributed by atoms with E-state index in [4.69, 9.17) is 29.2 Å². The fourth-order valence-corrected chi connectivity index (χ4v) is 8.21. The first-order valence-electron chi connectivity index (χ1n) is 14.4. The third kappa shape index (κ3) is 9.43. The number of aliphatic hydroxyl groups is 2. The molecule has 0 bridgehead atoms. The molecule has 1 fully saturated rings. The van der Waals surface area contributed by atoms with E-state index in [0.717, 1.165) is 7.11 Å². The first kappa shape index (κ1) is 38.2. The van der Waals surface area contributed by atoms with Crippen molar-refractivity contribution in [3.63, 3.8) is 0 Å². The molecule has 1 saturated heterocycles. The highest BCUT2D eigenvalue weighted by Gasteiger charge is 2.54. The molecule has 19 nitrogen and oxygen atoms in total. The SMILES string of the molecule is COC(=O)NC(CS[P@](=O)(N[C@@H](C)C(=O)OC(C)C)OCC1OC(n2cnc3c(OC)nc(N)nc32)[C@](C)(O)[C@@H]1O)C(=O)OC(C)C. The van der Waals surface area contributed by atoms with Gasteiger partial charge in [0.25, 0.3) is 0 Å². The zero-order valence-corrected chi connectivity index (χ0v) is 28.9. The smallest absolute Gasteiger partial charge is 0.407 e. The highest BCUT2D eigenvalue weighted by molar-refractivity contribution is 8.56. The molecule has 3 unspecified atom stereocenters. The molecule has 2 aromatic heterocycles. The molecule has 47 heavy (non-hydrogen) atoms. The highest BCUT2D eigenvalue weighted by atomic mass is 32.7. The molecule has 3 rings (SSSR count). The zero-order chi connectivity index (χ0) is 35.3. The number of aromatic nitrogens is 4. The van der Waals surface area contributed by atoms with Crippen molar-refractivity contribution in [1.29, 1.82) is 0 Å². The Balaban J connectivity index is 1.86. The van der Waals surface area contributed by atoms with Crippen LogP contribution in [-0.2, 0) is 37.6 Å². The zero-order valence-electron chi connectivity index (χ0n) is 27.2. The van der Waals surface area contributed by atoms with Crippen LogP contribution in [0.15, 0.2) is 6.33 Å². The number of ether oxygens (including phenoxy) is 5. The van der Waals surface area contributed by atoms with E-state index in [9.17, 15) is 29.2 Å². The van der Waals surface area contributed by atoms with Gasteiger partial charge >= 0.3 is 24.8 Å². The number of nitrogens with one attached hydrogen (secondary N) is 2. The fraction of sp³-hybridized carbons (Fsp3) is 0.692. The number of nitrogen functional groups attached to an aromatic ring is 1. The molecule has 0 radical (unpaired) electrons. The largest absolute Gasteiger partial charge is 0.479 e. The summed E-state index contributed by atoms with van der Waals surface area (Å²) in [5, 5.41) is 27.4. The molecule has 0 saturated carbocycles. The molecule has 3 heterocycles. The van der Waals surface area contributed by atoms with Crippen LogP contribution in [0.5, 0.6) is 5.88 Å². The van der Waals surface area contributed by atoms with Crippen molar-refractivity contribution in [2.75, 3.05) is 32.3 Å². The van der Waals surface area contributed by atoms with E-state index in [0.29, 0.717) is 11.4 Å². The van der Waals surface area contributed by atoms with E-state index < -0.39 is 79.7 Å². The van der Waals surface area contributed by atoms with Crippen molar-refractivity contribution in [1.82, 2.24) is 29.9 Å². The van der Waals surface area contributed by atoms with Crippen LogP contribution in [0.2, 0.25) is 0 Å². The monoisotopic (exact) mass is 707 g/mol. The van der Waals surface area contributed by atoms with Gasteiger partial charge in [0.2, 0.25) is 11.8 Å². The lowest BCUT2D eigenvalue weighted by molar-refractivity contribution is -0.150. The van der Waals surface area contributed by atoms with E-state index in [1.165, 1.54) is 31.9 Å². The molecule has 0 aliphatic carbocycles. The molecule has 1 aliphatic heterocycles. The van der Waals surface area contributed by atoms with Gasteiger partial charge in [-0.1, -0.05) is 11.4 Å². The van der Waals surface area contributed by atoms with E-state index in [-0.39, 0.29) is 28.7 Å². The Labute approximate surface area is 274 Å². The number of nitrogens with two attached hydrogens (primary N) is 1. The molecule has 2 aromatic rings. The average Bonchev–Trinajstić information content (AvgIpc) is 3.49. The summed E-state index contributed by atoms with van der Waals surface area (Å²) in [7, 11) is 2.47. The molecule has 7 atom stereocenters. The third-order valence-electron chi connectivity index (χ3n) is 6.60. The molecule has 0 aromatic carbocycles. The summed E-state index contributed by atoms with van der Waals surface area (Å²) >= 11 is 0.579. The van der Waals surface area contributed by atoms with Gasteiger partial charge in [0.15, 0.2) is 17.4 Å². The van der Waals surface area contributed by atoms with Crippen LogP contribution in [0.3, 0.4) is 0 Å². The number of hydrogen-bond donors (Lipinski definition) is 5. The lowest BCUT2D eigenvalue weighted by atomic mass is 9.96.